The second-order valence-electron chi connectivity index (χ2n) is 3.11. The molecular weight excluding hydrogens is 156 g/mol. The van der Waals surface area contributed by atoms with E-state index in [-0.39, 0.29) is 0 Å². The first-order valence-corrected chi connectivity index (χ1v) is 6.90. The van der Waals surface area contributed by atoms with E-state index in [9.17, 15) is 4.79 Å². The van der Waals surface area contributed by atoms with Crippen molar-refractivity contribution >= 4 is 14.0 Å². The number of hydrogen-bond donors (Lipinski definition) is 1. The third-order valence-corrected chi connectivity index (χ3v) is 2.01. The first-order valence-electron chi connectivity index (χ1n) is 3.32. The molecule has 0 aliphatic heterocycles. The molecule has 0 bridgehead atoms. The summed E-state index contributed by atoms with van der Waals surface area (Å²) < 4.78 is 0. The minimum atomic E-state index is -0.981. The van der Waals surface area contributed by atoms with Gasteiger partial charge in [0, 0.05) is 6.08 Å². The van der Waals surface area contributed by atoms with Crippen molar-refractivity contribution in [1.82, 2.24) is 0 Å². The molecule has 11 heavy (non-hydrogen) atoms. The topological polar surface area (TPSA) is 37.3 Å². The molecule has 0 saturated carbocycles. The van der Waals surface area contributed by atoms with Crippen LogP contribution in [0.2, 0.25) is 19.6 Å². The van der Waals surface area contributed by atoms with Crippen molar-refractivity contribution in [2.24, 2.45) is 0 Å². The SMILES string of the molecule is C=CC(=O)O.C=C[Si](C)(C)C. The monoisotopic (exact) mass is 172 g/mol. The van der Waals surface area contributed by atoms with Crippen molar-refractivity contribution in [2.75, 3.05) is 0 Å². The van der Waals surface area contributed by atoms with Crippen LogP contribution in [0.5, 0.6) is 0 Å². The van der Waals surface area contributed by atoms with Crippen LogP contribution in [0.15, 0.2) is 24.9 Å². The molecule has 0 aromatic carbocycles. The Morgan fingerprint density at radius 2 is 1.55 bits per heavy atom. The first-order chi connectivity index (χ1) is 4.83. The predicted octanol–water partition coefficient (Wildman–Crippen LogP) is 2.31. The van der Waals surface area contributed by atoms with Gasteiger partial charge in [-0.25, -0.2) is 4.79 Å². The van der Waals surface area contributed by atoms with E-state index in [1.165, 1.54) is 0 Å². The van der Waals surface area contributed by atoms with Crippen LogP contribution >= 0.6 is 0 Å². The van der Waals surface area contributed by atoms with Gasteiger partial charge in [-0.1, -0.05) is 26.2 Å². The lowest BCUT2D eigenvalue weighted by atomic mass is 10.7. The summed E-state index contributed by atoms with van der Waals surface area (Å²) in [5.41, 5.74) is 2.08. The Labute approximate surface area is 69.3 Å². The van der Waals surface area contributed by atoms with Gasteiger partial charge in [0.1, 0.15) is 0 Å². The molecule has 2 nitrogen and oxygen atoms in total. The third-order valence-electron chi connectivity index (χ3n) is 0.787. The van der Waals surface area contributed by atoms with E-state index in [1.807, 2.05) is 0 Å². The van der Waals surface area contributed by atoms with Gasteiger partial charge < -0.3 is 5.11 Å². The fraction of sp³-hybridized carbons (Fsp3) is 0.375. The largest absolute Gasteiger partial charge is 0.478 e. The summed E-state index contributed by atoms with van der Waals surface area (Å²) in [7, 11) is -0.867. The van der Waals surface area contributed by atoms with Gasteiger partial charge in [-0.3, -0.25) is 0 Å². The van der Waals surface area contributed by atoms with E-state index in [0.29, 0.717) is 0 Å². The highest BCUT2D eigenvalue weighted by Crippen LogP contribution is 1.98. The van der Waals surface area contributed by atoms with Crippen molar-refractivity contribution in [2.45, 2.75) is 19.6 Å². The molecule has 0 aromatic heterocycles. The fourth-order valence-electron chi connectivity index (χ4n) is 0. The zero-order valence-corrected chi connectivity index (χ0v) is 8.42. The fourth-order valence-corrected chi connectivity index (χ4v) is 0. The number of hydrogen-bond acceptors (Lipinski definition) is 1. The minimum Gasteiger partial charge on any atom is -0.478 e. The molecule has 0 radical (unpaired) electrons. The molecule has 0 rings (SSSR count). The van der Waals surface area contributed by atoms with Crippen molar-refractivity contribution in [3.8, 4) is 0 Å². The molecule has 3 heteroatoms. The van der Waals surface area contributed by atoms with E-state index in [4.69, 9.17) is 5.11 Å². The van der Waals surface area contributed by atoms with E-state index in [0.717, 1.165) is 6.08 Å². The van der Waals surface area contributed by atoms with Gasteiger partial charge in [0.25, 0.3) is 0 Å². The van der Waals surface area contributed by atoms with Crippen LogP contribution in [0.25, 0.3) is 0 Å². The highest BCUT2D eigenvalue weighted by Gasteiger charge is 2.03. The number of carboxylic acid groups (broad SMARTS) is 1. The maximum absolute atomic E-state index is 9.25. The summed E-state index contributed by atoms with van der Waals surface area (Å²) in [6.07, 6.45) is 0.833. The predicted molar refractivity (Wildman–Crippen MR) is 51.4 cm³/mol. The smallest absolute Gasteiger partial charge is 0.327 e. The Balaban J connectivity index is 0. The third kappa shape index (κ3) is 27.1. The Kier molecular flexibility index (Phi) is 6.89. The van der Waals surface area contributed by atoms with Gasteiger partial charge in [0.05, 0.1) is 8.07 Å². The number of aliphatic carboxylic acids is 1. The first kappa shape index (κ1) is 12.8. The normalized spacial score (nSPS) is 9.00. The Morgan fingerprint density at radius 1 is 1.36 bits per heavy atom. The van der Waals surface area contributed by atoms with Gasteiger partial charge in [0.2, 0.25) is 0 Å². The second kappa shape index (κ2) is 5.92. The van der Waals surface area contributed by atoms with Crippen LogP contribution in [0.4, 0.5) is 0 Å². The lowest BCUT2D eigenvalue weighted by Gasteiger charge is -2.04. The van der Waals surface area contributed by atoms with Gasteiger partial charge in [-0.15, -0.1) is 12.3 Å². The summed E-state index contributed by atoms with van der Waals surface area (Å²) in [4.78, 5) is 9.25. The molecular formula is C8H16O2Si. The molecule has 0 aliphatic carbocycles. The molecule has 0 aromatic rings. The maximum atomic E-state index is 9.25. The van der Waals surface area contributed by atoms with E-state index < -0.39 is 14.0 Å². The van der Waals surface area contributed by atoms with Gasteiger partial charge in [-0.05, 0) is 0 Å². The van der Waals surface area contributed by atoms with Crippen molar-refractivity contribution in [3.63, 3.8) is 0 Å². The van der Waals surface area contributed by atoms with Crippen LogP contribution < -0.4 is 0 Å². The Bertz CT molecular complexity index is 145. The highest BCUT2D eigenvalue weighted by atomic mass is 28.3. The van der Waals surface area contributed by atoms with Crippen molar-refractivity contribution in [3.05, 3.63) is 24.9 Å². The van der Waals surface area contributed by atoms with Crippen molar-refractivity contribution < 1.29 is 9.90 Å². The average Bonchev–Trinajstić information content (AvgIpc) is 1.88. The zero-order valence-electron chi connectivity index (χ0n) is 7.42. The zero-order chi connectivity index (χ0) is 9.49. The quantitative estimate of drug-likeness (QED) is 0.512. The maximum Gasteiger partial charge on any atom is 0.327 e. The van der Waals surface area contributed by atoms with Crippen LogP contribution in [0, 0.1) is 0 Å². The second-order valence-corrected chi connectivity index (χ2v) is 8.25. The van der Waals surface area contributed by atoms with Gasteiger partial charge in [-0.2, -0.15) is 0 Å². The molecule has 0 heterocycles. The van der Waals surface area contributed by atoms with Crippen LogP contribution in [0.3, 0.4) is 0 Å². The summed E-state index contributed by atoms with van der Waals surface area (Å²) in [5, 5.41) is 7.60. The van der Waals surface area contributed by atoms with Crippen molar-refractivity contribution in [1.29, 1.82) is 0 Å². The molecule has 0 amide bonds. The Hall–Kier alpha value is -0.833. The molecule has 64 valence electrons. The molecule has 0 aliphatic rings. The summed E-state index contributed by atoms with van der Waals surface area (Å²) in [5.74, 6) is -0.981. The van der Waals surface area contributed by atoms with Crippen LogP contribution in [-0.4, -0.2) is 19.1 Å². The van der Waals surface area contributed by atoms with E-state index >= 15 is 0 Å². The minimum absolute atomic E-state index is 0.833. The van der Waals surface area contributed by atoms with Gasteiger partial charge in [0.15, 0.2) is 0 Å². The van der Waals surface area contributed by atoms with Crippen LogP contribution in [-0.2, 0) is 4.79 Å². The van der Waals surface area contributed by atoms with E-state index in [2.05, 4.69) is 38.5 Å². The molecule has 0 atom stereocenters. The lowest BCUT2D eigenvalue weighted by molar-refractivity contribution is -0.131. The molecule has 0 saturated heterocycles. The number of carbonyl (C=O) groups is 1. The summed E-state index contributed by atoms with van der Waals surface area (Å²) >= 11 is 0. The molecule has 1 N–H and O–H groups in total. The van der Waals surface area contributed by atoms with Gasteiger partial charge >= 0.3 is 5.97 Å². The standard InChI is InChI=1S/C5H12Si.C3H4O2/c1-5-6(2,3)4;1-2-3(4)5/h5H,1H2,2-4H3;2H,1H2,(H,4,5). The molecule has 0 unspecified atom stereocenters. The summed E-state index contributed by atoms with van der Waals surface area (Å²) in [6.45, 7) is 13.4. The summed E-state index contributed by atoms with van der Waals surface area (Å²) in [6, 6.07) is 0. The Morgan fingerprint density at radius 3 is 1.55 bits per heavy atom. The van der Waals surface area contributed by atoms with E-state index in [1.54, 1.807) is 0 Å². The molecule has 0 fully saturated rings. The number of rotatable bonds is 2. The average molecular weight is 172 g/mol. The van der Waals surface area contributed by atoms with Crippen LogP contribution in [0.1, 0.15) is 0 Å². The highest BCUT2D eigenvalue weighted by molar-refractivity contribution is 6.80. The number of carboxylic acids is 1. The molecule has 0 spiro atoms. The lowest BCUT2D eigenvalue weighted by Crippen LogP contribution is -2.14.